The molecule has 196 valence electrons. The molecule has 10 heteroatoms. The van der Waals surface area contributed by atoms with E-state index in [9.17, 15) is 14.3 Å². The van der Waals surface area contributed by atoms with Gasteiger partial charge in [-0.15, -0.1) is 0 Å². The predicted molar refractivity (Wildman–Crippen MR) is 130 cm³/mol. The Morgan fingerprint density at radius 3 is 1.91 bits per heavy atom. The van der Waals surface area contributed by atoms with Gasteiger partial charge in [0.25, 0.3) is 0 Å². The van der Waals surface area contributed by atoms with Gasteiger partial charge in [-0.25, -0.2) is 9.13 Å². The summed E-state index contributed by atoms with van der Waals surface area (Å²) in [6.07, 6.45) is 16.3. The van der Waals surface area contributed by atoms with Crippen LogP contribution in [-0.2, 0) is 29.6 Å². The molecule has 0 aliphatic rings. The third-order valence-corrected chi connectivity index (χ3v) is 6.29. The maximum Gasteiger partial charge on any atom is 0.472 e. The second kappa shape index (κ2) is 19.9. The van der Waals surface area contributed by atoms with E-state index in [1.54, 1.807) is 29.1 Å². The summed E-state index contributed by atoms with van der Waals surface area (Å²) in [5, 5.41) is 0. The van der Waals surface area contributed by atoms with Crippen molar-refractivity contribution in [3.8, 4) is 0 Å². The first kappa shape index (κ1) is 30.7. The van der Waals surface area contributed by atoms with Crippen LogP contribution in [0.4, 0.5) is 0 Å². The van der Waals surface area contributed by atoms with Gasteiger partial charge in [0, 0.05) is 18.7 Å². The standard InChI is InChI=1S/C24H43N2O7P/c1-2-3-4-5-6-7-8-9-10-11-17-30-19-20-31-21-22-33-34(28,29)32-18-16-26-14-12-23(13-15-26)24(25)27/h12-15H,2-11,16-22H2,1H3,(H2-,25,27,28,29)/p+1. The van der Waals surface area contributed by atoms with Gasteiger partial charge in [-0.1, -0.05) is 64.7 Å². The number of hydrogen-bond acceptors (Lipinski definition) is 6. The highest BCUT2D eigenvalue weighted by atomic mass is 31.2. The first-order valence-electron chi connectivity index (χ1n) is 12.5. The molecule has 1 amide bonds. The predicted octanol–water partition coefficient (Wildman–Crippen LogP) is 4.16. The van der Waals surface area contributed by atoms with Crippen molar-refractivity contribution >= 4 is 13.7 Å². The number of phosphoric acid groups is 1. The second-order valence-electron chi connectivity index (χ2n) is 8.23. The fourth-order valence-electron chi connectivity index (χ4n) is 3.29. The molecule has 1 unspecified atom stereocenters. The summed E-state index contributed by atoms with van der Waals surface area (Å²) in [5.41, 5.74) is 5.57. The molecule has 0 aliphatic heterocycles. The van der Waals surface area contributed by atoms with Crippen molar-refractivity contribution in [2.45, 2.75) is 77.7 Å². The van der Waals surface area contributed by atoms with E-state index in [0.29, 0.717) is 25.3 Å². The summed E-state index contributed by atoms with van der Waals surface area (Å²) in [6, 6.07) is 3.13. The van der Waals surface area contributed by atoms with E-state index in [-0.39, 0.29) is 19.8 Å². The lowest BCUT2D eigenvalue weighted by Crippen LogP contribution is -2.35. The number of amides is 1. The molecule has 1 aromatic rings. The zero-order chi connectivity index (χ0) is 24.9. The number of primary amides is 1. The van der Waals surface area contributed by atoms with E-state index < -0.39 is 13.7 Å². The molecule has 1 atom stereocenters. The molecular weight excluding hydrogens is 459 g/mol. The highest BCUT2D eigenvalue weighted by molar-refractivity contribution is 7.47. The number of carbonyl (C=O) groups is 1. The van der Waals surface area contributed by atoms with Gasteiger partial charge in [-0.3, -0.25) is 13.8 Å². The molecule has 0 aromatic carbocycles. The van der Waals surface area contributed by atoms with Crippen LogP contribution >= 0.6 is 7.82 Å². The summed E-state index contributed by atoms with van der Waals surface area (Å²) in [7, 11) is -4.14. The fraction of sp³-hybridized carbons (Fsp3) is 0.750. The summed E-state index contributed by atoms with van der Waals surface area (Å²) in [4.78, 5) is 20.7. The molecule has 0 fully saturated rings. The Morgan fingerprint density at radius 1 is 0.824 bits per heavy atom. The Balaban J connectivity index is 1.89. The number of rotatable bonds is 23. The first-order valence-corrected chi connectivity index (χ1v) is 14.0. The van der Waals surface area contributed by atoms with E-state index in [1.165, 1.54) is 57.8 Å². The summed E-state index contributed by atoms with van der Waals surface area (Å²) >= 11 is 0. The van der Waals surface area contributed by atoms with Crippen molar-refractivity contribution in [2.24, 2.45) is 5.73 Å². The number of ether oxygens (including phenoxy) is 2. The summed E-state index contributed by atoms with van der Waals surface area (Å²) < 4.78 is 34.3. The number of carbonyl (C=O) groups excluding carboxylic acids is 1. The zero-order valence-corrected chi connectivity index (χ0v) is 21.6. The number of unbranched alkanes of at least 4 members (excludes halogenated alkanes) is 9. The maximum atomic E-state index is 11.9. The maximum absolute atomic E-state index is 11.9. The normalized spacial score (nSPS) is 13.1. The molecule has 9 nitrogen and oxygen atoms in total. The molecule has 1 rings (SSSR count). The largest absolute Gasteiger partial charge is 0.472 e. The summed E-state index contributed by atoms with van der Waals surface area (Å²) in [6.45, 7) is 4.31. The Kier molecular flexibility index (Phi) is 18.0. The Labute approximate surface area is 204 Å². The molecule has 0 bridgehead atoms. The lowest BCUT2D eigenvalue weighted by Gasteiger charge is -2.11. The molecule has 1 aromatic heterocycles. The van der Waals surface area contributed by atoms with Crippen LogP contribution in [0.25, 0.3) is 0 Å². The minimum atomic E-state index is -4.14. The Bertz CT molecular complexity index is 688. The van der Waals surface area contributed by atoms with E-state index in [2.05, 4.69) is 6.92 Å². The molecule has 34 heavy (non-hydrogen) atoms. The minimum absolute atomic E-state index is 0.0258. The van der Waals surface area contributed by atoms with E-state index in [1.807, 2.05) is 0 Å². The number of phosphoric ester groups is 1. The van der Waals surface area contributed by atoms with Crippen molar-refractivity contribution in [1.29, 1.82) is 0 Å². The molecule has 0 saturated heterocycles. The number of hydrogen-bond donors (Lipinski definition) is 2. The molecule has 3 N–H and O–H groups in total. The smallest absolute Gasteiger partial charge is 0.379 e. The highest BCUT2D eigenvalue weighted by Crippen LogP contribution is 2.42. The van der Waals surface area contributed by atoms with Gasteiger partial charge in [-0.2, -0.15) is 0 Å². The van der Waals surface area contributed by atoms with Crippen molar-refractivity contribution in [3.63, 3.8) is 0 Å². The number of pyridine rings is 1. The van der Waals surface area contributed by atoms with Gasteiger partial charge in [0.15, 0.2) is 18.9 Å². The van der Waals surface area contributed by atoms with E-state index in [4.69, 9.17) is 24.3 Å². The van der Waals surface area contributed by atoms with Crippen LogP contribution in [0.15, 0.2) is 24.5 Å². The molecule has 0 saturated carbocycles. The topological polar surface area (TPSA) is 121 Å². The van der Waals surface area contributed by atoms with Crippen molar-refractivity contribution < 1.29 is 37.3 Å². The lowest BCUT2D eigenvalue weighted by molar-refractivity contribution is -0.697. The molecule has 0 aliphatic carbocycles. The minimum Gasteiger partial charge on any atom is -0.379 e. The van der Waals surface area contributed by atoms with Gasteiger partial charge >= 0.3 is 7.82 Å². The van der Waals surface area contributed by atoms with Crippen molar-refractivity contribution in [2.75, 3.05) is 39.6 Å². The van der Waals surface area contributed by atoms with Gasteiger partial charge < -0.3 is 20.1 Å². The molecule has 0 radical (unpaired) electrons. The SMILES string of the molecule is CCCCCCCCCCCCOCCOCCOP(=O)(O)OCC[n+]1ccc(C(N)=O)cc1. The fourth-order valence-corrected chi connectivity index (χ4v) is 3.99. The zero-order valence-electron chi connectivity index (χ0n) is 20.7. The molecule has 1 heterocycles. The second-order valence-corrected chi connectivity index (χ2v) is 9.68. The quantitative estimate of drug-likeness (QED) is 0.131. The van der Waals surface area contributed by atoms with Crippen molar-refractivity contribution in [3.05, 3.63) is 30.1 Å². The van der Waals surface area contributed by atoms with Gasteiger partial charge in [0.2, 0.25) is 5.91 Å². The third kappa shape index (κ3) is 17.1. The van der Waals surface area contributed by atoms with Crippen LogP contribution in [0.5, 0.6) is 0 Å². The van der Waals surface area contributed by atoms with E-state index in [0.717, 1.165) is 13.0 Å². The lowest BCUT2D eigenvalue weighted by atomic mass is 10.1. The monoisotopic (exact) mass is 503 g/mol. The third-order valence-electron chi connectivity index (χ3n) is 5.28. The average molecular weight is 504 g/mol. The van der Waals surface area contributed by atoms with Crippen LogP contribution in [0.3, 0.4) is 0 Å². The Hall–Kier alpha value is -1.35. The number of nitrogens with zero attached hydrogens (tertiary/aromatic N) is 1. The number of nitrogens with two attached hydrogens (primary N) is 1. The van der Waals surface area contributed by atoms with Gasteiger partial charge in [-0.05, 0) is 6.42 Å². The highest BCUT2D eigenvalue weighted by Gasteiger charge is 2.21. The first-order chi connectivity index (χ1) is 16.4. The Morgan fingerprint density at radius 2 is 1.32 bits per heavy atom. The molecular formula is C24H44N2O7P+. The van der Waals surface area contributed by atoms with Crippen LogP contribution in [0.1, 0.15) is 81.5 Å². The van der Waals surface area contributed by atoms with Crippen LogP contribution in [0, 0.1) is 0 Å². The average Bonchev–Trinajstić information content (AvgIpc) is 2.81. The van der Waals surface area contributed by atoms with Gasteiger partial charge in [0.1, 0.15) is 6.61 Å². The van der Waals surface area contributed by atoms with Crippen LogP contribution < -0.4 is 10.3 Å². The summed E-state index contributed by atoms with van der Waals surface area (Å²) in [5.74, 6) is -0.514. The van der Waals surface area contributed by atoms with E-state index >= 15 is 0 Å². The van der Waals surface area contributed by atoms with Crippen LogP contribution in [0.2, 0.25) is 0 Å². The van der Waals surface area contributed by atoms with Gasteiger partial charge in [0.05, 0.1) is 32.0 Å². The van der Waals surface area contributed by atoms with Crippen LogP contribution in [-0.4, -0.2) is 50.4 Å². The van der Waals surface area contributed by atoms with Crippen molar-refractivity contribution in [1.82, 2.24) is 0 Å². The number of aromatic nitrogens is 1. The molecule has 0 spiro atoms.